The van der Waals surface area contributed by atoms with E-state index in [2.05, 4.69) is 4.98 Å². The maximum atomic E-state index is 13.1. The zero-order valence-electron chi connectivity index (χ0n) is 7.79. The fraction of sp³-hybridized carbons (Fsp3) is 0.182. The number of aryl methyl sites for hydroxylation is 1. The van der Waals surface area contributed by atoms with Crippen molar-refractivity contribution < 1.29 is 9.50 Å². The molecule has 72 valence electrons. The van der Waals surface area contributed by atoms with Gasteiger partial charge in [0.05, 0.1) is 6.61 Å². The smallest absolute Gasteiger partial charge is 0.124 e. The first-order valence-corrected chi connectivity index (χ1v) is 4.36. The minimum atomic E-state index is -0.327. The number of rotatable bonds is 1. The molecule has 0 saturated carbocycles. The van der Waals surface area contributed by atoms with E-state index in [9.17, 15) is 4.39 Å². The summed E-state index contributed by atoms with van der Waals surface area (Å²) in [5.74, 6) is -0.327. The van der Waals surface area contributed by atoms with Crippen LogP contribution in [0.1, 0.15) is 11.3 Å². The second-order valence-corrected chi connectivity index (χ2v) is 3.27. The van der Waals surface area contributed by atoms with E-state index in [4.69, 9.17) is 5.11 Å². The Morgan fingerprint density at radius 1 is 1.36 bits per heavy atom. The number of benzene rings is 1. The van der Waals surface area contributed by atoms with Gasteiger partial charge in [-0.2, -0.15) is 0 Å². The summed E-state index contributed by atoms with van der Waals surface area (Å²) >= 11 is 0. The van der Waals surface area contributed by atoms with Gasteiger partial charge in [-0.3, -0.25) is 4.98 Å². The van der Waals surface area contributed by atoms with Crippen LogP contribution < -0.4 is 0 Å². The number of hydrogen-bond donors (Lipinski definition) is 1. The zero-order chi connectivity index (χ0) is 10.1. The molecule has 0 bridgehead atoms. The average Bonchev–Trinajstić information content (AvgIpc) is 2.15. The molecule has 1 aromatic carbocycles. The van der Waals surface area contributed by atoms with Crippen molar-refractivity contribution in [1.82, 2.24) is 4.98 Å². The van der Waals surface area contributed by atoms with Crippen molar-refractivity contribution >= 4 is 10.8 Å². The van der Waals surface area contributed by atoms with Crippen LogP contribution in [0, 0.1) is 12.7 Å². The quantitative estimate of drug-likeness (QED) is 0.749. The van der Waals surface area contributed by atoms with E-state index in [0.717, 1.165) is 16.5 Å². The predicted molar refractivity (Wildman–Crippen MR) is 52.4 cm³/mol. The number of aromatic nitrogens is 1. The van der Waals surface area contributed by atoms with Gasteiger partial charge in [0.25, 0.3) is 0 Å². The van der Waals surface area contributed by atoms with Gasteiger partial charge in [-0.05, 0) is 36.1 Å². The summed E-state index contributed by atoms with van der Waals surface area (Å²) in [5.41, 5.74) is 1.42. The van der Waals surface area contributed by atoms with Crippen molar-refractivity contribution in [1.29, 1.82) is 0 Å². The predicted octanol–water partition coefficient (Wildman–Crippen LogP) is 2.17. The lowest BCUT2D eigenvalue weighted by Gasteiger charge is -2.04. The molecule has 1 N–H and O–H groups in total. The Labute approximate surface area is 81.0 Å². The summed E-state index contributed by atoms with van der Waals surface area (Å²) in [6, 6.07) is 4.58. The second-order valence-electron chi connectivity index (χ2n) is 3.27. The van der Waals surface area contributed by atoms with Crippen molar-refractivity contribution in [3.05, 3.63) is 41.5 Å². The van der Waals surface area contributed by atoms with Crippen LogP contribution in [0.25, 0.3) is 10.8 Å². The van der Waals surface area contributed by atoms with E-state index in [1.54, 1.807) is 12.3 Å². The Bertz CT molecular complexity index is 477. The lowest BCUT2D eigenvalue weighted by atomic mass is 10.1. The lowest BCUT2D eigenvalue weighted by Crippen LogP contribution is -1.90. The largest absolute Gasteiger partial charge is 0.392 e. The zero-order valence-corrected chi connectivity index (χ0v) is 7.79. The van der Waals surface area contributed by atoms with Crippen molar-refractivity contribution in [3.8, 4) is 0 Å². The van der Waals surface area contributed by atoms with Crippen LogP contribution in [0.3, 0.4) is 0 Å². The van der Waals surface area contributed by atoms with Crippen LogP contribution >= 0.6 is 0 Å². The molecule has 1 aromatic heterocycles. The summed E-state index contributed by atoms with van der Waals surface area (Å²) in [6.45, 7) is 1.68. The van der Waals surface area contributed by atoms with E-state index in [1.807, 2.05) is 6.92 Å². The van der Waals surface area contributed by atoms with Gasteiger partial charge in [-0.25, -0.2) is 4.39 Å². The first-order valence-electron chi connectivity index (χ1n) is 4.36. The van der Waals surface area contributed by atoms with Gasteiger partial charge in [0.15, 0.2) is 0 Å². The highest BCUT2D eigenvalue weighted by atomic mass is 19.1. The molecule has 0 aliphatic carbocycles. The fourth-order valence-electron chi connectivity index (χ4n) is 1.53. The van der Waals surface area contributed by atoms with Crippen LogP contribution in [0.15, 0.2) is 24.4 Å². The first-order chi connectivity index (χ1) is 6.70. The number of fused-ring (bicyclic) bond motifs is 1. The standard InChI is InChI=1S/C11H10FNO/c1-7-2-8-3-10(12)4-9(6-14)11(8)5-13-7/h2-5,14H,6H2,1H3. The Kier molecular flexibility index (Phi) is 2.17. The van der Waals surface area contributed by atoms with E-state index in [0.29, 0.717) is 5.56 Å². The summed E-state index contributed by atoms with van der Waals surface area (Å²) in [7, 11) is 0. The number of hydrogen-bond acceptors (Lipinski definition) is 2. The van der Waals surface area contributed by atoms with Gasteiger partial charge < -0.3 is 5.11 Å². The average molecular weight is 191 g/mol. The van der Waals surface area contributed by atoms with Gasteiger partial charge in [0.2, 0.25) is 0 Å². The molecule has 2 rings (SSSR count). The van der Waals surface area contributed by atoms with E-state index in [-0.39, 0.29) is 12.4 Å². The third-order valence-electron chi connectivity index (χ3n) is 2.19. The van der Waals surface area contributed by atoms with E-state index in [1.165, 1.54) is 12.1 Å². The number of aliphatic hydroxyl groups is 1. The van der Waals surface area contributed by atoms with Gasteiger partial charge in [0, 0.05) is 17.3 Å². The van der Waals surface area contributed by atoms with Crippen LogP contribution in [-0.2, 0) is 6.61 Å². The molecule has 14 heavy (non-hydrogen) atoms. The Balaban J connectivity index is 2.81. The van der Waals surface area contributed by atoms with Crippen LogP contribution in [0.5, 0.6) is 0 Å². The van der Waals surface area contributed by atoms with Gasteiger partial charge in [-0.1, -0.05) is 0 Å². The second kappa shape index (κ2) is 3.35. The topological polar surface area (TPSA) is 33.1 Å². The summed E-state index contributed by atoms with van der Waals surface area (Å²) in [5, 5.41) is 10.6. The lowest BCUT2D eigenvalue weighted by molar-refractivity contribution is 0.283. The monoisotopic (exact) mass is 191 g/mol. The summed E-state index contributed by atoms with van der Waals surface area (Å²) in [6.07, 6.45) is 1.66. The number of pyridine rings is 1. The summed E-state index contributed by atoms with van der Waals surface area (Å²) in [4.78, 5) is 4.11. The summed E-state index contributed by atoms with van der Waals surface area (Å²) < 4.78 is 13.1. The molecule has 0 spiro atoms. The molecule has 3 heteroatoms. The molecule has 0 aliphatic heterocycles. The highest BCUT2D eigenvalue weighted by molar-refractivity contribution is 5.85. The van der Waals surface area contributed by atoms with Crippen LogP contribution in [0.4, 0.5) is 4.39 Å². The van der Waals surface area contributed by atoms with Crippen molar-refractivity contribution in [2.24, 2.45) is 0 Å². The van der Waals surface area contributed by atoms with Crippen molar-refractivity contribution in [2.75, 3.05) is 0 Å². The minimum absolute atomic E-state index is 0.168. The number of nitrogens with zero attached hydrogens (tertiary/aromatic N) is 1. The molecule has 0 amide bonds. The van der Waals surface area contributed by atoms with E-state index >= 15 is 0 Å². The van der Waals surface area contributed by atoms with Gasteiger partial charge in [-0.15, -0.1) is 0 Å². The molecule has 0 aliphatic rings. The molecule has 0 atom stereocenters. The van der Waals surface area contributed by atoms with E-state index < -0.39 is 0 Å². The molecule has 0 unspecified atom stereocenters. The van der Waals surface area contributed by atoms with Crippen LogP contribution in [-0.4, -0.2) is 10.1 Å². The molecule has 0 radical (unpaired) electrons. The highest BCUT2D eigenvalue weighted by Crippen LogP contribution is 2.20. The Morgan fingerprint density at radius 3 is 2.86 bits per heavy atom. The maximum absolute atomic E-state index is 13.1. The maximum Gasteiger partial charge on any atom is 0.124 e. The Morgan fingerprint density at radius 2 is 2.14 bits per heavy atom. The molecule has 0 saturated heterocycles. The normalized spacial score (nSPS) is 10.8. The van der Waals surface area contributed by atoms with Gasteiger partial charge >= 0.3 is 0 Å². The molecule has 1 heterocycles. The molecular weight excluding hydrogens is 181 g/mol. The third-order valence-corrected chi connectivity index (χ3v) is 2.19. The number of halogens is 1. The van der Waals surface area contributed by atoms with Gasteiger partial charge in [0.1, 0.15) is 5.82 Å². The SMILES string of the molecule is Cc1cc2cc(F)cc(CO)c2cn1. The highest BCUT2D eigenvalue weighted by Gasteiger charge is 2.03. The third kappa shape index (κ3) is 1.46. The molecular formula is C11H10FNO. The Hall–Kier alpha value is -1.48. The minimum Gasteiger partial charge on any atom is -0.392 e. The first kappa shape index (κ1) is 9.09. The van der Waals surface area contributed by atoms with Crippen molar-refractivity contribution in [2.45, 2.75) is 13.5 Å². The molecule has 0 fully saturated rings. The number of aliphatic hydroxyl groups excluding tert-OH is 1. The van der Waals surface area contributed by atoms with Crippen molar-refractivity contribution in [3.63, 3.8) is 0 Å². The molecule has 2 nitrogen and oxygen atoms in total. The fourth-order valence-corrected chi connectivity index (χ4v) is 1.53. The van der Waals surface area contributed by atoms with Crippen LogP contribution in [0.2, 0.25) is 0 Å². The molecule has 2 aromatic rings.